The lowest BCUT2D eigenvalue weighted by molar-refractivity contribution is 0.369. The maximum Gasteiger partial charge on any atom is 0.250 e. The third kappa shape index (κ3) is 4.12. The SMILES string of the molecule is CC(C)CCc1noc(CNS(=O)(=O)c2cccs2)n1. The quantitative estimate of drug-likeness (QED) is 0.846. The summed E-state index contributed by atoms with van der Waals surface area (Å²) in [6, 6.07) is 3.24. The molecule has 0 bridgehead atoms. The minimum atomic E-state index is -3.49. The van der Waals surface area contributed by atoms with Crippen LogP contribution in [0.3, 0.4) is 0 Å². The monoisotopic (exact) mass is 315 g/mol. The van der Waals surface area contributed by atoms with E-state index in [1.807, 2.05) is 0 Å². The molecule has 0 amide bonds. The molecule has 2 rings (SSSR count). The molecule has 2 aromatic rings. The summed E-state index contributed by atoms with van der Waals surface area (Å²) in [5.41, 5.74) is 0. The second-order valence-corrected chi connectivity index (χ2v) is 7.73. The zero-order valence-corrected chi connectivity index (χ0v) is 13.0. The maximum atomic E-state index is 11.9. The molecule has 0 atom stereocenters. The Morgan fingerprint density at radius 3 is 2.90 bits per heavy atom. The van der Waals surface area contributed by atoms with Gasteiger partial charge in [-0.25, -0.2) is 13.1 Å². The van der Waals surface area contributed by atoms with Gasteiger partial charge >= 0.3 is 0 Å². The van der Waals surface area contributed by atoms with Crippen molar-refractivity contribution in [2.75, 3.05) is 0 Å². The number of hydrogen-bond donors (Lipinski definition) is 1. The zero-order chi connectivity index (χ0) is 14.6. The fraction of sp³-hybridized carbons (Fsp3) is 0.500. The number of nitrogens with one attached hydrogen (secondary N) is 1. The third-order valence-corrected chi connectivity index (χ3v) is 5.43. The van der Waals surface area contributed by atoms with Crippen LogP contribution < -0.4 is 4.72 Å². The van der Waals surface area contributed by atoms with Gasteiger partial charge in [0.25, 0.3) is 10.0 Å². The molecule has 8 heteroatoms. The summed E-state index contributed by atoms with van der Waals surface area (Å²) in [5.74, 6) is 1.46. The first kappa shape index (κ1) is 15.1. The van der Waals surface area contributed by atoms with E-state index < -0.39 is 10.0 Å². The molecule has 0 aliphatic heterocycles. The van der Waals surface area contributed by atoms with Crippen LogP contribution in [0, 0.1) is 5.92 Å². The highest BCUT2D eigenvalue weighted by atomic mass is 32.2. The molecule has 1 N–H and O–H groups in total. The first-order chi connectivity index (χ1) is 9.47. The van der Waals surface area contributed by atoms with Crippen LogP contribution >= 0.6 is 11.3 Å². The van der Waals surface area contributed by atoms with E-state index in [0.717, 1.165) is 24.2 Å². The molecule has 0 aliphatic rings. The largest absolute Gasteiger partial charge is 0.338 e. The molecule has 0 aliphatic carbocycles. The van der Waals surface area contributed by atoms with Gasteiger partial charge in [-0.05, 0) is 23.8 Å². The van der Waals surface area contributed by atoms with Crippen LogP contribution in [-0.2, 0) is 23.0 Å². The van der Waals surface area contributed by atoms with Gasteiger partial charge in [0.05, 0.1) is 6.54 Å². The summed E-state index contributed by atoms with van der Waals surface area (Å²) >= 11 is 1.16. The number of hydrogen-bond acceptors (Lipinski definition) is 6. The molecule has 110 valence electrons. The van der Waals surface area contributed by atoms with Crippen LogP contribution in [0.15, 0.2) is 26.2 Å². The van der Waals surface area contributed by atoms with Crippen LogP contribution in [0.2, 0.25) is 0 Å². The average Bonchev–Trinajstić information content (AvgIpc) is 3.06. The van der Waals surface area contributed by atoms with Gasteiger partial charge in [-0.3, -0.25) is 0 Å². The molecule has 0 radical (unpaired) electrons. The van der Waals surface area contributed by atoms with Crippen molar-refractivity contribution in [3.63, 3.8) is 0 Å². The van der Waals surface area contributed by atoms with Crippen LogP contribution in [0.5, 0.6) is 0 Å². The Hall–Kier alpha value is -1.25. The summed E-state index contributed by atoms with van der Waals surface area (Å²) in [5, 5.41) is 5.55. The van der Waals surface area contributed by atoms with Crippen LogP contribution in [0.25, 0.3) is 0 Å². The van der Waals surface area contributed by atoms with Crippen LogP contribution in [0.1, 0.15) is 32.0 Å². The van der Waals surface area contributed by atoms with Crippen LogP contribution in [0.4, 0.5) is 0 Å². The normalized spacial score (nSPS) is 12.2. The first-order valence-corrected chi connectivity index (χ1v) is 8.68. The highest BCUT2D eigenvalue weighted by Gasteiger charge is 2.16. The average molecular weight is 315 g/mol. The van der Waals surface area contributed by atoms with E-state index in [2.05, 4.69) is 28.7 Å². The summed E-state index contributed by atoms with van der Waals surface area (Å²) in [4.78, 5) is 4.17. The van der Waals surface area contributed by atoms with E-state index in [0.29, 0.717) is 11.7 Å². The van der Waals surface area contributed by atoms with Gasteiger partial charge in [0.1, 0.15) is 4.21 Å². The summed E-state index contributed by atoms with van der Waals surface area (Å²) in [6.45, 7) is 4.25. The fourth-order valence-electron chi connectivity index (χ4n) is 1.53. The van der Waals surface area contributed by atoms with Crippen molar-refractivity contribution in [3.8, 4) is 0 Å². The van der Waals surface area contributed by atoms with Crippen molar-refractivity contribution in [3.05, 3.63) is 29.2 Å². The number of aryl methyl sites for hydroxylation is 1. The van der Waals surface area contributed by atoms with Gasteiger partial charge in [-0.15, -0.1) is 11.3 Å². The minimum Gasteiger partial charge on any atom is -0.338 e. The minimum absolute atomic E-state index is 0.00884. The number of rotatable bonds is 7. The molecule has 0 saturated carbocycles. The highest BCUT2D eigenvalue weighted by Crippen LogP contribution is 2.15. The summed E-state index contributed by atoms with van der Waals surface area (Å²) in [7, 11) is -3.49. The molecule has 6 nitrogen and oxygen atoms in total. The number of nitrogens with zero attached hydrogens (tertiary/aromatic N) is 2. The Labute approximate surface area is 122 Å². The van der Waals surface area contributed by atoms with Crippen LogP contribution in [-0.4, -0.2) is 18.6 Å². The predicted octanol–water partition coefficient (Wildman–Crippen LogP) is 2.20. The Morgan fingerprint density at radius 2 is 2.25 bits per heavy atom. The Morgan fingerprint density at radius 1 is 1.45 bits per heavy atom. The van der Waals surface area contributed by atoms with Crippen molar-refractivity contribution in [1.82, 2.24) is 14.9 Å². The van der Waals surface area contributed by atoms with E-state index in [1.165, 1.54) is 0 Å². The van der Waals surface area contributed by atoms with Crippen molar-refractivity contribution in [1.29, 1.82) is 0 Å². The van der Waals surface area contributed by atoms with Gasteiger partial charge < -0.3 is 4.52 Å². The number of thiophene rings is 1. The van der Waals surface area contributed by atoms with E-state index >= 15 is 0 Å². The smallest absolute Gasteiger partial charge is 0.250 e. The van der Waals surface area contributed by atoms with Gasteiger partial charge in [0.15, 0.2) is 5.82 Å². The Bertz CT molecular complexity index is 633. The molecule has 2 aromatic heterocycles. The summed E-state index contributed by atoms with van der Waals surface area (Å²) in [6.07, 6.45) is 1.71. The zero-order valence-electron chi connectivity index (χ0n) is 11.4. The lowest BCUT2D eigenvalue weighted by Crippen LogP contribution is -2.22. The maximum absolute atomic E-state index is 11.9. The fourth-order valence-corrected chi connectivity index (χ4v) is 3.54. The molecule has 0 spiro atoms. The standard InChI is InChI=1S/C12H17N3O3S2/c1-9(2)5-6-10-14-11(18-15-10)8-13-20(16,17)12-4-3-7-19-12/h3-4,7,9,13H,5-6,8H2,1-2H3. The molecule has 0 aromatic carbocycles. The Kier molecular flexibility index (Phi) is 4.90. The molecule has 2 heterocycles. The molecule has 0 saturated heterocycles. The van der Waals surface area contributed by atoms with Gasteiger partial charge in [-0.1, -0.05) is 25.1 Å². The first-order valence-electron chi connectivity index (χ1n) is 6.32. The second kappa shape index (κ2) is 6.47. The van der Waals surface area contributed by atoms with Gasteiger partial charge in [-0.2, -0.15) is 4.98 Å². The lowest BCUT2D eigenvalue weighted by atomic mass is 10.1. The summed E-state index contributed by atoms with van der Waals surface area (Å²) < 4.78 is 31.5. The Balaban J connectivity index is 1.91. The van der Waals surface area contributed by atoms with E-state index in [4.69, 9.17) is 4.52 Å². The van der Waals surface area contributed by atoms with E-state index in [9.17, 15) is 8.42 Å². The molecule has 0 unspecified atom stereocenters. The predicted molar refractivity (Wildman–Crippen MR) is 75.8 cm³/mol. The van der Waals surface area contributed by atoms with Crippen molar-refractivity contribution < 1.29 is 12.9 Å². The van der Waals surface area contributed by atoms with Crippen molar-refractivity contribution in [2.45, 2.75) is 37.4 Å². The van der Waals surface area contributed by atoms with Crippen molar-refractivity contribution in [2.24, 2.45) is 5.92 Å². The van der Waals surface area contributed by atoms with Gasteiger partial charge in [0.2, 0.25) is 5.89 Å². The molecule has 0 fully saturated rings. The lowest BCUT2D eigenvalue weighted by Gasteiger charge is -2.00. The number of sulfonamides is 1. The van der Waals surface area contributed by atoms with E-state index in [1.54, 1.807) is 17.5 Å². The topological polar surface area (TPSA) is 85.1 Å². The molecule has 20 heavy (non-hydrogen) atoms. The third-order valence-electron chi connectivity index (χ3n) is 2.63. The molecular weight excluding hydrogens is 298 g/mol. The second-order valence-electron chi connectivity index (χ2n) is 4.79. The van der Waals surface area contributed by atoms with Gasteiger partial charge in [0, 0.05) is 6.42 Å². The van der Waals surface area contributed by atoms with Crippen molar-refractivity contribution >= 4 is 21.4 Å². The number of aromatic nitrogens is 2. The van der Waals surface area contributed by atoms with E-state index in [-0.39, 0.29) is 16.6 Å². The highest BCUT2D eigenvalue weighted by molar-refractivity contribution is 7.91. The molecular formula is C12H17N3O3S2.